The van der Waals surface area contributed by atoms with Crippen molar-refractivity contribution in [1.82, 2.24) is 4.90 Å². The normalized spacial score (nSPS) is 11.1. The molecule has 0 aliphatic rings. The van der Waals surface area contributed by atoms with Crippen LogP contribution >= 0.6 is 15.9 Å². The average molecular weight is 397 g/mol. The van der Waals surface area contributed by atoms with E-state index in [-0.39, 0.29) is 17.2 Å². The third kappa shape index (κ3) is 4.56. The van der Waals surface area contributed by atoms with Crippen LogP contribution in [0.1, 0.15) is 5.56 Å². The Labute approximate surface area is 144 Å². The second kappa shape index (κ2) is 7.14. The van der Waals surface area contributed by atoms with Crippen molar-refractivity contribution in [2.45, 2.75) is 11.3 Å². The summed E-state index contributed by atoms with van der Waals surface area (Å²) in [6.07, 6.45) is 0.282. The largest absolute Gasteiger partial charge is 0.349 e. The van der Waals surface area contributed by atoms with Gasteiger partial charge in [-0.15, -0.1) is 0 Å². The molecule has 122 valence electrons. The van der Waals surface area contributed by atoms with E-state index in [1.165, 1.54) is 11.0 Å². The fourth-order valence-electron chi connectivity index (χ4n) is 1.90. The van der Waals surface area contributed by atoms with E-state index >= 15 is 0 Å². The van der Waals surface area contributed by atoms with Gasteiger partial charge in [0.2, 0.25) is 5.91 Å². The molecule has 0 fully saturated rings. The highest BCUT2D eigenvalue weighted by Gasteiger charge is 2.17. The van der Waals surface area contributed by atoms with Crippen LogP contribution in [0.4, 0.5) is 5.69 Å². The van der Waals surface area contributed by atoms with Crippen LogP contribution in [0, 0.1) is 0 Å². The van der Waals surface area contributed by atoms with Crippen molar-refractivity contribution < 1.29 is 13.2 Å². The number of nitrogens with one attached hydrogen (secondary N) is 1. The molecule has 2 aromatic carbocycles. The monoisotopic (exact) mass is 396 g/mol. The van der Waals surface area contributed by atoms with Crippen LogP contribution in [0.25, 0.3) is 0 Å². The lowest BCUT2D eigenvalue weighted by atomic mass is 10.1. The molecule has 0 saturated carbocycles. The Hall–Kier alpha value is -1.86. The Kier molecular flexibility index (Phi) is 5.43. The maximum atomic E-state index is 12.4. The fourth-order valence-corrected chi connectivity index (χ4v) is 3.96. The first kappa shape index (κ1) is 17.5. The van der Waals surface area contributed by atoms with Crippen molar-refractivity contribution in [2.75, 3.05) is 18.8 Å². The maximum Gasteiger partial charge on any atom is 0.263 e. The van der Waals surface area contributed by atoms with Gasteiger partial charge in [-0.05, 0) is 45.8 Å². The quantitative estimate of drug-likeness (QED) is 0.844. The van der Waals surface area contributed by atoms with Crippen LogP contribution in [-0.2, 0) is 21.2 Å². The molecule has 0 spiro atoms. The highest BCUT2D eigenvalue weighted by molar-refractivity contribution is 9.10. The minimum Gasteiger partial charge on any atom is -0.349 e. The summed E-state index contributed by atoms with van der Waals surface area (Å²) in [5.74, 6) is -0.00783. The van der Waals surface area contributed by atoms with Crippen molar-refractivity contribution in [3.63, 3.8) is 0 Å². The first-order valence-electron chi connectivity index (χ1n) is 6.86. The summed E-state index contributed by atoms with van der Waals surface area (Å²) in [7, 11) is -0.271. The van der Waals surface area contributed by atoms with Gasteiger partial charge in [-0.25, -0.2) is 8.42 Å². The van der Waals surface area contributed by atoms with Gasteiger partial charge in [0.1, 0.15) is 4.90 Å². The van der Waals surface area contributed by atoms with E-state index in [0.29, 0.717) is 10.2 Å². The molecule has 5 nitrogen and oxygen atoms in total. The van der Waals surface area contributed by atoms with Crippen molar-refractivity contribution >= 4 is 37.5 Å². The van der Waals surface area contributed by atoms with E-state index in [0.717, 1.165) is 5.56 Å². The number of hydrogen-bond acceptors (Lipinski definition) is 3. The lowest BCUT2D eigenvalue weighted by molar-refractivity contribution is -0.127. The van der Waals surface area contributed by atoms with Gasteiger partial charge in [-0.3, -0.25) is 9.52 Å². The Balaban J connectivity index is 2.15. The molecule has 0 saturated heterocycles. The van der Waals surface area contributed by atoms with E-state index < -0.39 is 10.0 Å². The number of sulfonamides is 1. The summed E-state index contributed by atoms with van der Waals surface area (Å²) in [6, 6.07) is 13.4. The van der Waals surface area contributed by atoms with Crippen LogP contribution in [0.5, 0.6) is 0 Å². The highest BCUT2D eigenvalue weighted by Crippen LogP contribution is 2.23. The van der Waals surface area contributed by atoms with Gasteiger partial charge in [0.05, 0.1) is 6.42 Å². The molecule has 7 heteroatoms. The van der Waals surface area contributed by atoms with Gasteiger partial charge in [0.25, 0.3) is 10.0 Å². The van der Waals surface area contributed by atoms with Gasteiger partial charge >= 0.3 is 0 Å². The van der Waals surface area contributed by atoms with E-state index in [9.17, 15) is 13.2 Å². The molecular weight excluding hydrogens is 380 g/mol. The topological polar surface area (TPSA) is 66.5 Å². The minimum atomic E-state index is -3.67. The predicted molar refractivity (Wildman–Crippen MR) is 93.8 cm³/mol. The maximum absolute atomic E-state index is 12.4. The van der Waals surface area contributed by atoms with Gasteiger partial charge in [0, 0.05) is 24.3 Å². The van der Waals surface area contributed by atoms with Crippen LogP contribution in [0.3, 0.4) is 0 Å². The third-order valence-electron chi connectivity index (χ3n) is 3.19. The number of amides is 1. The van der Waals surface area contributed by atoms with Crippen molar-refractivity contribution in [2.24, 2.45) is 0 Å². The number of carbonyl (C=O) groups is 1. The number of hydrogen-bond donors (Lipinski definition) is 1. The minimum absolute atomic E-state index is 0.00783. The van der Waals surface area contributed by atoms with Crippen LogP contribution in [0.15, 0.2) is 57.9 Å². The zero-order valence-electron chi connectivity index (χ0n) is 12.8. The average Bonchev–Trinajstić information content (AvgIpc) is 2.49. The number of anilines is 1. The van der Waals surface area contributed by atoms with E-state index in [1.807, 2.05) is 0 Å². The molecule has 2 rings (SSSR count). The summed E-state index contributed by atoms with van der Waals surface area (Å²) in [6.45, 7) is 0. The van der Waals surface area contributed by atoms with E-state index in [2.05, 4.69) is 20.7 Å². The van der Waals surface area contributed by atoms with Crippen LogP contribution in [0.2, 0.25) is 0 Å². The highest BCUT2D eigenvalue weighted by atomic mass is 79.9. The third-order valence-corrected chi connectivity index (χ3v) is 5.58. The van der Waals surface area contributed by atoms with E-state index in [1.54, 1.807) is 56.6 Å². The molecule has 0 aliphatic carbocycles. The smallest absolute Gasteiger partial charge is 0.263 e. The Morgan fingerprint density at radius 1 is 1.09 bits per heavy atom. The first-order chi connectivity index (χ1) is 10.8. The number of benzene rings is 2. The molecule has 2 aromatic rings. The lowest BCUT2D eigenvalue weighted by Crippen LogP contribution is -2.23. The molecule has 1 amide bonds. The summed E-state index contributed by atoms with van der Waals surface area (Å²) in [4.78, 5) is 13.3. The molecule has 0 radical (unpaired) electrons. The zero-order chi connectivity index (χ0) is 17.0. The second-order valence-electron chi connectivity index (χ2n) is 5.20. The SMILES string of the molecule is CN(C)C(=O)Cc1ccc(NS(=O)(=O)c2ccccc2Br)cc1. The molecule has 0 heterocycles. The van der Waals surface area contributed by atoms with Crippen molar-refractivity contribution in [1.29, 1.82) is 0 Å². The number of rotatable bonds is 5. The first-order valence-corrected chi connectivity index (χ1v) is 9.13. The fraction of sp³-hybridized carbons (Fsp3) is 0.188. The number of likely N-dealkylation sites (N-methyl/N-ethyl adjacent to an activating group) is 1. The van der Waals surface area contributed by atoms with Crippen molar-refractivity contribution in [3.05, 3.63) is 58.6 Å². The lowest BCUT2D eigenvalue weighted by Gasteiger charge is -2.12. The Morgan fingerprint density at radius 2 is 1.70 bits per heavy atom. The van der Waals surface area contributed by atoms with Gasteiger partial charge < -0.3 is 4.90 Å². The van der Waals surface area contributed by atoms with Crippen molar-refractivity contribution in [3.8, 4) is 0 Å². The van der Waals surface area contributed by atoms with Gasteiger partial charge in [-0.1, -0.05) is 24.3 Å². The number of carbonyl (C=O) groups excluding carboxylic acids is 1. The number of nitrogens with zero attached hydrogens (tertiary/aromatic N) is 1. The molecular formula is C16H17BrN2O3S. The molecule has 0 unspecified atom stereocenters. The standard InChI is InChI=1S/C16H17BrN2O3S/c1-19(2)16(20)11-12-7-9-13(10-8-12)18-23(21,22)15-6-4-3-5-14(15)17/h3-10,18H,11H2,1-2H3. The second-order valence-corrected chi connectivity index (χ2v) is 7.70. The van der Waals surface area contributed by atoms with Gasteiger partial charge in [0.15, 0.2) is 0 Å². The predicted octanol–water partition coefficient (Wildman–Crippen LogP) is 2.88. The van der Waals surface area contributed by atoms with Gasteiger partial charge in [-0.2, -0.15) is 0 Å². The van der Waals surface area contributed by atoms with Crippen LogP contribution < -0.4 is 4.72 Å². The summed E-state index contributed by atoms with van der Waals surface area (Å²) >= 11 is 3.24. The summed E-state index contributed by atoms with van der Waals surface area (Å²) in [5.41, 5.74) is 1.27. The molecule has 1 N–H and O–H groups in total. The zero-order valence-corrected chi connectivity index (χ0v) is 15.2. The molecule has 0 atom stereocenters. The Bertz CT molecular complexity index is 802. The summed E-state index contributed by atoms with van der Waals surface area (Å²) < 4.78 is 27.8. The van der Waals surface area contributed by atoms with E-state index in [4.69, 9.17) is 0 Å². The Morgan fingerprint density at radius 3 is 2.26 bits per heavy atom. The summed E-state index contributed by atoms with van der Waals surface area (Å²) in [5, 5.41) is 0. The molecule has 0 bridgehead atoms. The molecule has 0 aliphatic heterocycles. The number of halogens is 1. The molecule has 0 aromatic heterocycles. The van der Waals surface area contributed by atoms with Crippen LogP contribution in [-0.4, -0.2) is 33.3 Å². The molecule has 23 heavy (non-hydrogen) atoms.